The van der Waals surface area contributed by atoms with E-state index in [0.29, 0.717) is 24.2 Å². The fraction of sp³-hybridized carbons (Fsp3) is 0.500. The standard InChI is InChI=1S/C14H18O3/c1-9(2)8-17-13-7-11(10-3-4-10)5-6-12(13)14(15)16/h5-7,9-10H,3-4,8H2,1-2H3,(H,15,16). The van der Waals surface area contributed by atoms with Crippen molar-refractivity contribution < 1.29 is 14.6 Å². The molecule has 92 valence electrons. The molecule has 0 saturated heterocycles. The molecule has 0 aromatic heterocycles. The third-order valence-corrected chi connectivity index (χ3v) is 2.86. The van der Waals surface area contributed by atoms with Gasteiger partial charge < -0.3 is 9.84 Å². The van der Waals surface area contributed by atoms with E-state index in [4.69, 9.17) is 9.84 Å². The number of carbonyl (C=O) groups is 1. The first-order valence-corrected chi connectivity index (χ1v) is 6.08. The zero-order chi connectivity index (χ0) is 12.4. The van der Waals surface area contributed by atoms with Crippen LogP contribution < -0.4 is 4.74 Å². The Morgan fingerprint density at radius 3 is 2.71 bits per heavy atom. The molecule has 1 aliphatic rings. The van der Waals surface area contributed by atoms with E-state index in [1.54, 1.807) is 6.07 Å². The Labute approximate surface area is 101 Å². The van der Waals surface area contributed by atoms with Crippen molar-refractivity contribution in [3.05, 3.63) is 29.3 Å². The van der Waals surface area contributed by atoms with Crippen LogP contribution in [0.2, 0.25) is 0 Å². The molecule has 1 fully saturated rings. The third-order valence-electron chi connectivity index (χ3n) is 2.86. The summed E-state index contributed by atoms with van der Waals surface area (Å²) in [5, 5.41) is 9.10. The van der Waals surface area contributed by atoms with E-state index in [9.17, 15) is 4.79 Å². The fourth-order valence-electron chi connectivity index (χ4n) is 1.76. The van der Waals surface area contributed by atoms with Crippen molar-refractivity contribution in [2.45, 2.75) is 32.6 Å². The van der Waals surface area contributed by atoms with Crippen molar-refractivity contribution in [3.63, 3.8) is 0 Å². The minimum Gasteiger partial charge on any atom is -0.492 e. The molecular weight excluding hydrogens is 216 g/mol. The summed E-state index contributed by atoms with van der Waals surface area (Å²) in [6.07, 6.45) is 2.41. The second-order valence-corrected chi connectivity index (χ2v) is 5.04. The average Bonchev–Trinajstić information content (AvgIpc) is 3.09. The molecule has 0 unspecified atom stereocenters. The van der Waals surface area contributed by atoms with Gasteiger partial charge in [-0.3, -0.25) is 0 Å². The number of rotatable bonds is 5. The summed E-state index contributed by atoms with van der Waals surface area (Å²) in [5.74, 6) is 0.585. The summed E-state index contributed by atoms with van der Waals surface area (Å²) >= 11 is 0. The molecule has 17 heavy (non-hydrogen) atoms. The second kappa shape index (κ2) is 4.78. The van der Waals surface area contributed by atoms with Crippen LogP contribution in [0.1, 0.15) is 48.5 Å². The molecule has 0 aliphatic heterocycles. The lowest BCUT2D eigenvalue weighted by molar-refractivity contribution is 0.0691. The van der Waals surface area contributed by atoms with Gasteiger partial charge in [-0.25, -0.2) is 4.79 Å². The predicted octanol–water partition coefficient (Wildman–Crippen LogP) is 3.30. The number of ether oxygens (including phenoxy) is 1. The van der Waals surface area contributed by atoms with E-state index in [2.05, 4.69) is 0 Å². The van der Waals surface area contributed by atoms with Gasteiger partial charge in [0.2, 0.25) is 0 Å². The molecule has 2 rings (SSSR count). The van der Waals surface area contributed by atoms with E-state index >= 15 is 0 Å². The summed E-state index contributed by atoms with van der Waals surface area (Å²) in [4.78, 5) is 11.1. The highest BCUT2D eigenvalue weighted by atomic mass is 16.5. The van der Waals surface area contributed by atoms with Gasteiger partial charge in [-0.2, -0.15) is 0 Å². The van der Waals surface area contributed by atoms with E-state index in [-0.39, 0.29) is 5.56 Å². The molecule has 1 saturated carbocycles. The Morgan fingerprint density at radius 1 is 1.47 bits per heavy atom. The highest BCUT2D eigenvalue weighted by Crippen LogP contribution is 2.41. The maximum atomic E-state index is 11.1. The SMILES string of the molecule is CC(C)COc1cc(C2CC2)ccc1C(=O)O. The maximum absolute atomic E-state index is 11.1. The molecule has 3 heteroatoms. The minimum absolute atomic E-state index is 0.259. The van der Waals surface area contributed by atoms with Crippen LogP contribution in [0.25, 0.3) is 0 Å². The first-order chi connectivity index (χ1) is 8.08. The Balaban J connectivity index is 2.23. The van der Waals surface area contributed by atoms with Gasteiger partial charge in [0.05, 0.1) is 6.61 Å². The van der Waals surface area contributed by atoms with Gasteiger partial charge in [0.15, 0.2) is 0 Å². The van der Waals surface area contributed by atoms with Crippen molar-refractivity contribution in [3.8, 4) is 5.75 Å². The lowest BCUT2D eigenvalue weighted by Gasteiger charge is -2.12. The number of carboxylic acid groups (broad SMARTS) is 1. The quantitative estimate of drug-likeness (QED) is 0.850. The lowest BCUT2D eigenvalue weighted by Crippen LogP contribution is -2.08. The zero-order valence-electron chi connectivity index (χ0n) is 10.3. The number of aromatic carboxylic acids is 1. The minimum atomic E-state index is -0.925. The largest absolute Gasteiger partial charge is 0.492 e. The molecule has 1 N–H and O–H groups in total. The van der Waals surface area contributed by atoms with Gasteiger partial charge in [0, 0.05) is 0 Å². The molecular formula is C14H18O3. The van der Waals surface area contributed by atoms with E-state index in [0.717, 1.165) is 0 Å². The number of carboxylic acids is 1. The van der Waals surface area contributed by atoms with Crippen LogP contribution >= 0.6 is 0 Å². The van der Waals surface area contributed by atoms with Gasteiger partial charge in [0.25, 0.3) is 0 Å². The highest BCUT2D eigenvalue weighted by molar-refractivity contribution is 5.91. The van der Waals surface area contributed by atoms with Crippen molar-refractivity contribution in [2.24, 2.45) is 5.92 Å². The van der Waals surface area contributed by atoms with Crippen LogP contribution in [0.5, 0.6) is 5.75 Å². The van der Waals surface area contributed by atoms with Crippen LogP contribution in [0.15, 0.2) is 18.2 Å². The number of benzene rings is 1. The summed E-state index contributed by atoms with van der Waals surface area (Å²) < 4.78 is 5.60. The summed E-state index contributed by atoms with van der Waals surface area (Å²) in [7, 11) is 0. The fourth-order valence-corrected chi connectivity index (χ4v) is 1.76. The molecule has 3 nitrogen and oxygen atoms in total. The normalized spacial score (nSPS) is 15.0. The molecule has 0 spiro atoms. The van der Waals surface area contributed by atoms with Crippen LogP contribution in [0.3, 0.4) is 0 Å². The lowest BCUT2D eigenvalue weighted by atomic mass is 10.1. The summed E-state index contributed by atoms with van der Waals surface area (Å²) in [5.41, 5.74) is 1.46. The Kier molecular flexibility index (Phi) is 3.36. The Morgan fingerprint density at radius 2 is 2.18 bits per heavy atom. The predicted molar refractivity (Wildman–Crippen MR) is 65.7 cm³/mol. The molecule has 1 aromatic carbocycles. The second-order valence-electron chi connectivity index (χ2n) is 5.04. The molecule has 0 amide bonds. The first kappa shape index (κ1) is 12.0. The summed E-state index contributed by atoms with van der Waals surface area (Å²) in [6.45, 7) is 4.64. The van der Waals surface area contributed by atoms with Crippen LogP contribution in [0.4, 0.5) is 0 Å². The molecule has 0 radical (unpaired) electrons. The van der Waals surface area contributed by atoms with Crippen molar-refractivity contribution in [2.75, 3.05) is 6.61 Å². The Bertz CT molecular complexity index is 419. The smallest absolute Gasteiger partial charge is 0.339 e. The molecule has 1 aliphatic carbocycles. The van der Waals surface area contributed by atoms with Crippen molar-refractivity contribution in [1.82, 2.24) is 0 Å². The Hall–Kier alpha value is -1.51. The molecule has 1 aromatic rings. The van der Waals surface area contributed by atoms with Crippen LogP contribution in [-0.4, -0.2) is 17.7 Å². The van der Waals surface area contributed by atoms with E-state index < -0.39 is 5.97 Å². The summed E-state index contributed by atoms with van der Waals surface area (Å²) in [6, 6.07) is 5.46. The topological polar surface area (TPSA) is 46.5 Å². The molecule has 0 atom stereocenters. The number of hydrogen-bond acceptors (Lipinski definition) is 2. The van der Waals surface area contributed by atoms with Gasteiger partial charge in [-0.1, -0.05) is 19.9 Å². The van der Waals surface area contributed by atoms with Crippen molar-refractivity contribution in [1.29, 1.82) is 0 Å². The molecule has 0 heterocycles. The van der Waals surface area contributed by atoms with Gasteiger partial charge >= 0.3 is 5.97 Å². The zero-order valence-corrected chi connectivity index (χ0v) is 10.3. The van der Waals surface area contributed by atoms with Crippen LogP contribution in [-0.2, 0) is 0 Å². The van der Waals surface area contributed by atoms with Crippen molar-refractivity contribution >= 4 is 5.97 Å². The number of hydrogen-bond donors (Lipinski definition) is 1. The maximum Gasteiger partial charge on any atom is 0.339 e. The van der Waals surface area contributed by atoms with E-state index in [1.165, 1.54) is 18.4 Å². The average molecular weight is 234 g/mol. The van der Waals surface area contributed by atoms with Crippen LogP contribution in [0, 0.1) is 5.92 Å². The molecule has 0 bridgehead atoms. The van der Waals surface area contributed by atoms with Gasteiger partial charge in [0.1, 0.15) is 11.3 Å². The van der Waals surface area contributed by atoms with E-state index in [1.807, 2.05) is 26.0 Å². The third kappa shape index (κ3) is 2.99. The monoisotopic (exact) mass is 234 g/mol. The van der Waals surface area contributed by atoms with Gasteiger partial charge in [-0.15, -0.1) is 0 Å². The highest BCUT2D eigenvalue weighted by Gasteiger charge is 2.25. The first-order valence-electron chi connectivity index (χ1n) is 6.08. The van der Waals surface area contributed by atoms with Gasteiger partial charge in [-0.05, 0) is 42.4 Å².